The van der Waals surface area contributed by atoms with Crippen LogP contribution in [0.1, 0.15) is 6.92 Å². The number of fused-ring (bicyclic) bond motifs is 1. The Morgan fingerprint density at radius 1 is 1.10 bits per heavy atom. The second-order valence-electron chi connectivity index (χ2n) is 4.35. The van der Waals surface area contributed by atoms with E-state index in [-0.39, 0.29) is 6.03 Å². The highest BCUT2D eigenvalue weighted by atomic mass is 16.2. The van der Waals surface area contributed by atoms with E-state index in [0.717, 1.165) is 5.69 Å². The van der Waals surface area contributed by atoms with E-state index in [2.05, 4.69) is 10.3 Å². The number of rotatable bonds is 2. The van der Waals surface area contributed by atoms with Gasteiger partial charge in [0.25, 0.3) is 0 Å². The number of nitrogens with zero attached hydrogens (tertiary/aromatic N) is 4. The summed E-state index contributed by atoms with van der Waals surface area (Å²) >= 11 is 0. The van der Waals surface area contributed by atoms with E-state index in [4.69, 9.17) is 0 Å². The predicted octanol–water partition coefficient (Wildman–Crippen LogP) is 2.93. The highest BCUT2D eigenvalue weighted by molar-refractivity contribution is 5.97. The number of aromatic nitrogens is 3. The molecule has 3 aromatic rings. The molecule has 0 saturated carbocycles. The average Bonchev–Trinajstić information content (AvgIpc) is 2.93. The third-order valence-corrected chi connectivity index (χ3v) is 3.15. The lowest BCUT2D eigenvalue weighted by Gasteiger charge is -2.20. The summed E-state index contributed by atoms with van der Waals surface area (Å²) in [6.07, 6.45) is 0. The maximum Gasteiger partial charge on any atom is 0.351 e. The predicted molar refractivity (Wildman–Crippen MR) is 77.8 cm³/mol. The van der Waals surface area contributed by atoms with Gasteiger partial charge in [0.1, 0.15) is 5.52 Å². The Labute approximate surface area is 116 Å². The van der Waals surface area contributed by atoms with Crippen molar-refractivity contribution in [3.8, 4) is 0 Å². The fourth-order valence-corrected chi connectivity index (χ4v) is 2.16. The van der Waals surface area contributed by atoms with Gasteiger partial charge >= 0.3 is 6.03 Å². The van der Waals surface area contributed by atoms with Crippen LogP contribution < -0.4 is 4.90 Å². The first-order valence-corrected chi connectivity index (χ1v) is 6.48. The molecule has 0 N–H and O–H groups in total. The second-order valence-corrected chi connectivity index (χ2v) is 4.35. The maximum absolute atomic E-state index is 12.6. The minimum absolute atomic E-state index is 0.201. The lowest BCUT2D eigenvalue weighted by atomic mass is 10.3. The first-order valence-electron chi connectivity index (χ1n) is 6.48. The standard InChI is InChI=1S/C15H14N4O/c1-2-18(12-8-4-3-5-9-12)15(20)19-14-11-7-6-10-13(14)16-17-19/h3-11H,2H2,1H3. The molecule has 0 unspecified atom stereocenters. The molecule has 100 valence electrons. The average molecular weight is 266 g/mol. The molecule has 1 aromatic heterocycles. The third kappa shape index (κ3) is 2.03. The minimum atomic E-state index is -0.201. The van der Waals surface area contributed by atoms with Crippen molar-refractivity contribution in [1.29, 1.82) is 0 Å². The Morgan fingerprint density at radius 2 is 1.80 bits per heavy atom. The number of carbonyl (C=O) groups is 1. The first-order chi connectivity index (χ1) is 9.81. The highest BCUT2D eigenvalue weighted by Gasteiger charge is 2.19. The Hall–Kier alpha value is -2.69. The number of hydrogen-bond donors (Lipinski definition) is 0. The van der Waals surface area contributed by atoms with Crippen molar-refractivity contribution in [2.75, 3.05) is 11.4 Å². The molecule has 0 aliphatic heterocycles. The number of hydrogen-bond acceptors (Lipinski definition) is 3. The van der Waals surface area contributed by atoms with Crippen LogP contribution >= 0.6 is 0 Å². The molecule has 20 heavy (non-hydrogen) atoms. The van der Waals surface area contributed by atoms with Crippen LogP contribution in [-0.4, -0.2) is 27.6 Å². The topological polar surface area (TPSA) is 51.0 Å². The maximum atomic E-state index is 12.6. The van der Waals surface area contributed by atoms with Crippen LogP contribution in [-0.2, 0) is 0 Å². The van der Waals surface area contributed by atoms with Crippen molar-refractivity contribution >= 4 is 22.8 Å². The van der Waals surface area contributed by atoms with Crippen LogP contribution in [0.3, 0.4) is 0 Å². The van der Waals surface area contributed by atoms with Crippen molar-refractivity contribution in [3.05, 3.63) is 54.6 Å². The van der Waals surface area contributed by atoms with Crippen molar-refractivity contribution in [2.24, 2.45) is 0 Å². The van der Waals surface area contributed by atoms with Gasteiger partial charge in [0.15, 0.2) is 0 Å². The molecule has 0 saturated heterocycles. The SMILES string of the molecule is CCN(C(=O)n1nnc2ccccc21)c1ccccc1. The van der Waals surface area contributed by atoms with Crippen LogP contribution in [0.5, 0.6) is 0 Å². The summed E-state index contributed by atoms with van der Waals surface area (Å²) in [6, 6.07) is 16.8. The number of para-hydroxylation sites is 2. The van der Waals surface area contributed by atoms with Crippen LogP contribution in [0.4, 0.5) is 10.5 Å². The largest absolute Gasteiger partial charge is 0.351 e. The molecule has 0 aliphatic carbocycles. The molecule has 0 bridgehead atoms. The lowest BCUT2D eigenvalue weighted by Crippen LogP contribution is -2.35. The van der Waals surface area contributed by atoms with E-state index in [1.165, 1.54) is 4.68 Å². The Kier molecular flexibility index (Phi) is 3.16. The summed E-state index contributed by atoms with van der Waals surface area (Å²) in [5.41, 5.74) is 2.27. The molecule has 0 spiro atoms. The lowest BCUT2D eigenvalue weighted by molar-refractivity contribution is 0.245. The molecular weight excluding hydrogens is 252 g/mol. The Bertz CT molecular complexity index is 736. The van der Waals surface area contributed by atoms with Gasteiger partial charge in [-0.2, -0.15) is 4.68 Å². The molecule has 2 aromatic carbocycles. The van der Waals surface area contributed by atoms with E-state index >= 15 is 0 Å². The zero-order chi connectivity index (χ0) is 13.9. The Morgan fingerprint density at radius 3 is 2.55 bits per heavy atom. The number of anilines is 1. The van der Waals surface area contributed by atoms with E-state index in [1.54, 1.807) is 4.90 Å². The van der Waals surface area contributed by atoms with E-state index < -0.39 is 0 Å². The van der Waals surface area contributed by atoms with Crippen molar-refractivity contribution < 1.29 is 4.79 Å². The van der Waals surface area contributed by atoms with Gasteiger partial charge in [-0.1, -0.05) is 35.5 Å². The normalized spacial score (nSPS) is 10.7. The van der Waals surface area contributed by atoms with Gasteiger partial charge in [0.05, 0.1) is 5.52 Å². The molecule has 0 aliphatic rings. The van der Waals surface area contributed by atoms with Crippen molar-refractivity contribution in [2.45, 2.75) is 6.92 Å². The van der Waals surface area contributed by atoms with Crippen LogP contribution in [0.25, 0.3) is 11.0 Å². The Balaban J connectivity index is 2.03. The van der Waals surface area contributed by atoms with E-state index in [0.29, 0.717) is 17.6 Å². The number of carbonyl (C=O) groups excluding carboxylic acids is 1. The molecule has 0 radical (unpaired) electrons. The summed E-state index contributed by atoms with van der Waals surface area (Å²) < 4.78 is 1.34. The van der Waals surface area contributed by atoms with Gasteiger partial charge in [-0.15, -0.1) is 5.10 Å². The zero-order valence-electron chi connectivity index (χ0n) is 11.1. The summed E-state index contributed by atoms with van der Waals surface area (Å²) in [5, 5.41) is 7.98. The molecular formula is C15H14N4O. The number of benzene rings is 2. The van der Waals surface area contributed by atoms with Crippen molar-refractivity contribution in [3.63, 3.8) is 0 Å². The van der Waals surface area contributed by atoms with Crippen LogP contribution in [0, 0.1) is 0 Å². The monoisotopic (exact) mass is 266 g/mol. The van der Waals surface area contributed by atoms with Gasteiger partial charge < -0.3 is 0 Å². The summed E-state index contributed by atoms with van der Waals surface area (Å²) in [6.45, 7) is 2.50. The van der Waals surface area contributed by atoms with Gasteiger partial charge in [-0.3, -0.25) is 4.90 Å². The molecule has 3 rings (SSSR count). The summed E-state index contributed by atoms with van der Waals surface area (Å²) in [7, 11) is 0. The molecule has 5 heteroatoms. The molecule has 1 heterocycles. The second kappa shape index (κ2) is 5.13. The number of amides is 1. The zero-order valence-corrected chi connectivity index (χ0v) is 11.1. The molecule has 5 nitrogen and oxygen atoms in total. The quantitative estimate of drug-likeness (QED) is 0.716. The smallest absolute Gasteiger partial charge is 0.293 e. The molecule has 0 fully saturated rings. The van der Waals surface area contributed by atoms with Crippen LogP contribution in [0.2, 0.25) is 0 Å². The summed E-state index contributed by atoms with van der Waals surface area (Å²) in [4.78, 5) is 14.3. The molecule has 0 atom stereocenters. The first kappa shape index (κ1) is 12.3. The highest BCUT2D eigenvalue weighted by Crippen LogP contribution is 2.16. The van der Waals surface area contributed by atoms with Gasteiger partial charge in [0.2, 0.25) is 0 Å². The van der Waals surface area contributed by atoms with Crippen molar-refractivity contribution in [1.82, 2.24) is 15.0 Å². The van der Waals surface area contributed by atoms with Gasteiger partial charge in [-0.05, 0) is 31.2 Å². The third-order valence-electron chi connectivity index (χ3n) is 3.15. The van der Waals surface area contributed by atoms with E-state index in [1.807, 2.05) is 61.5 Å². The summed E-state index contributed by atoms with van der Waals surface area (Å²) in [5.74, 6) is 0. The van der Waals surface area contributed by atoms with E-state index in [9.17, 15) is 4.79 Å². The molecule has 1 amide bonds. The van der Waals surface area contributed by atoms with Gasteiger partial charge in [-0.25, -0.2) is 4.79 Å². The van der Waals surface area contributed by atoms with Crippen LogP contribution in [0.15, 0.2) is 54.6 Å². The fraction of sp³-hybridized carbons (Fsp3) is 0.133. The minimum Gasteiger partial charge on any atom is -0.293 e. The fourth-order valence-electron chi connectivity index (χ4n) is 2.16. The van der Waals surface area contributed by atoms with Gasteiger partial charge in [0, 0.05) is 12.2 Å².